The molecule has 2 heterocycles. The van der Waals surface area contributed by atoms with Crippen LogP contribution in [0.3, 0.4) is 0 Å². The first-order chi connectivity index (χ1) is 12.6. The van der Waals surface area contributed by atoms with Gasteiger partial charge in [-0.25, -0.2) is 9.97 Å². The van der Waals surface area contributed by atoms with Crippen molar-refractivity contribution in [2.75, 3.05) is 5.32 Å². The minimum Gasteiger partial charge on any atom is -0.459 e. The lowest BCUT2D eigenvalue weighted by atomic mass is 9.82. The van der Waals surface area contributed by atoms with E-state index in [1.165, 1.54) is 18.0 Å². The molecule has 26 heavy (non-hydrogen) atoms. The van der Waals surface area contributed by atoms with Crippen LogP contribution in [-0.4, -0.2) is 21.7 Å². The van der Waals surface area contributed by atoms with Gasteiger partial charge in [0.25, 0.3) is 5.91 Å². The molecule has 1 aliphatic rings. The summed E-state index contributed by atoms with van der Waals surface area (Å²) >= 11 is 0. The van der Waals surface area contributed by atoms with E-state index in [-0.39, 0.29) is 23.4 Å². The van der Waals surface area contributed by atoms with Crippen LogP contribution in [-0.2, 0) is 6.42 Å². The van der Waals surface area contributed by atoms with Crippen molar-refractivity contribution in [3.05, 3.63) is 77.0 Å². The standard InChI is InChI=1S/C20H17N3O3/c1-12-4-6-13(7-5-12)14-9-16-15(17(24)10-14)11-21-20(22-16)23-19(25)18-3-2-8-26-18/h2-8,11,14H,9-10H2,1H3,(H,21,22,23,25)/t14-/m1/s1. The normalized spacial score (nSPS) is 16.2. The van der Waals surface area contributed by atoms with Crippen LogP contribution in [0.15, 0.2) is 53.3 Å². The molecule has 1 aromatic carbocycles. The maximum atomic E-state index is 12.5. The van der Waals surface area contributed by atoms with Gasteiger partial charge in [0.05, 0.1) is 17.5 Å². The molecule has 2 aromatic heterocycles. The van der Waals surface area contributed by atoms with E-state index < -0.39 is 5.91 Å². The number of benzene rings is 1. The highest BCUT2D eigenvalue weighted by Gasteiger charge is 2.28. The van der Waals surface area contributed by atoms with Gasteiger partial charge in [0.2, 0.25) is 5.95 Å². The van der Waals surface area contributed by atoms with E-state index in [4.69, 9.17) is 4.42 Å². The molecule has 1 atom stereocenters. The van der Waals surface area contributed by atoms with Crippen LogP contribution in [0.25, 0.3) is 0 Å². The predicted molar refractivity (Wildman–Crippen MR) is 95.3 cm³/mol. The number of ketones is 1. The van der Waals surface area contributed by atoms with Crippen LogP contribution < -0.4 is 5.32 Å². The van der Waals surface area contributed by atoms with Gasteiger partial charge in [-0.05, 0) is 37.0 Å². The summed E-state index contributed by atoms with van der Waals surface area (Å²) in [5.41, 5.74) is 3.50. The molecule has 0 saturated carbocycles. The second kappa shape index (κ2) is 6.55. The molecule has 0 unspecified atom stereocenters. The number of aromatic nitrogens is 2. The molecule has 0 radical (unpaired) electrons. The van der Waals surface area contributed by atoms with E-state index in [0.717, 1.165) is 5.56 Å². The van der Waals surface area contributed by atoms with Crippen LogP contribution in [0, 0.1) is 6.92 Å². The van der Waals surface area contributed by atoms with Crippen molar-refractivity contribution in [1.29, 1.82) is 0 Å². The molecule has 0 fully saturated rings. The fourth-order valence-corrected chi connectivity index (χ4v) is 3.15. The molecule has 6 heteroatoms. The number of amides is 1. The van der Waals surface area contributed by atoms with Crippen molar-refractivity contribution in [2.24, 2.45) is 0 Å². The zero-order valence-corrected chi connectivity index (χ0v) is 14.2. The van der Waals surface area contributed by atoms with Crippen molar-refractivity contribution >= 4 is 17.6 Å². The van der Waals surface area contributed by atoms with Gasteiger partial charge in [-0.1, -0.05) is 29.8 Å². The Hall–Kier alpha value is -3.28. The third kappa shape index (κ3) is 3.13. The molecule has 4 rings (SSSR count). The molecule has 0 spiro atoms. The number of hydrogen-bond acceptors (Lipinski definition) is 5. The van der Waals surface area contributed by atoms with Gasteiger partial charge in [0.1, 0.15) is 0 Å². The number of Topliss-reactive ketones (excluding diaryl/α,β-unsaturated/α-hetero) is 1. The summed E-state index contributed by atoms with van der Waals surface area (Å²) in [6.07, 6.45) is 4.00. The lowest BCUT2D eigenvalue weighted by molar-refractivity contribution is 0.0962. The second-order valence-electron chi connectivity index (χ2n) is 6.42. The van der Waals surface area contributed by atoms with Gasteiger partial charge >= 0.3 is 0 Å². The molecule has 0 aliphatic heterocycles. The summed E-state index contributed by atoms with van der Waals surface area (Å²) in [5.74, 6) is 0.0365. The fraction of sp³-hybridized carbons (Fsp3) is 0.200. The van der Waals surface area contributed by atoms with Crippen LogP contribution >= 0.6 is 0 Å². The summed E-state index contributed by atoms with van der Waals surface area (Å²) < 4.78 is 5.06. The third-order valence-corrected chi connectivity index (χ3v) is 4.56. The second-order valence-corrected chi connectivity index (χ2v) is 6.42. The number of nitrogens with one attached hydrogen (secondary N) is 1. The SMILES string of the molecule is Cc1ccc([C@H]2CC(=O)c3cnc(NC(=O)c4ccco4)nc3C2)cc1. The lowest BCUT2D eigenvalue weighted by Gasteiger charge is -2.23. The number of carbonyl (C=O) groups is 2. The lowest BCUT2D eigenvalue weighted by Crippen LogP contribution is -2.22. The molecule has 130 valence electrons. The first kappa shape index (κ1) is 16.2. The van der Waals surface area contributed by atoms with Crippen molar-refractivity contribution in [3.63, 3.8) is 0 Å². The first-order valence-corrected chi connectivity index (χ1v) is 8.40. The highest BCUT2D eigenvalue weighted by Crippen LogP contribution is 2.32. The minimum absolute atomic E-state index is 0.0285. The molecule has 1 amide bonds. The van der Waals surface area contributed by atoms with Crippen LogP contribution in [0.5, 0.6) is 0 Å². The Kier molecular flexibility index (Phi) is 4.08. The largest absolute Gasteiger partial charge is 0.459 e. The molecule has 3 aromatic rings. The first-order valence-electron chi connectivity index (χ1n) is 8.40. The van der Waals surface area contributed by atoms with Crippen molar-refractivity contribution in [1.82, 2.24) is 9.97 Å². The highest BCUT2D eigenvalue weighted by atomic mass is 16.3. The quantitative estimate of drug-likeness (QED) is 0.783. The van der Waals surface area contributed by atoms with Gasteiger partial charge in [-0.15, -0.1) is 0 Å². The molecular weight excluding hydrogens is 330 g/mol. The van der Waals surface area contributed by atoms with Crippen molar-refractivity contribution in [2.45, 2.75) is 25.7 Å². The van der Waals surface area contributed by atoms with Gasteiger partial charge in [0, 0.05) is 12.6 Å². The number of fused-ring (bicyclic) bond motifs is 1. The Bertz CT molecular complexity index is 962. The summed E-state index contributed by atoms with van der Waals surface area (Å²) in [5, 5.41) is 2.61. The van der Waals surface area contributed by atoms with Crippen LogP contribution in [0.1, 0.15) is 50.1 Å². The number of hydrogen-bond donors (Lipinski definition) is 1. The smallest absolute Gasteiger partial charge is 0.293 e. The van der Waals surface area contributed by atoms with E-state index in [0.29, 0.717) is 24.1 Å². The van der Waals surface area contributed by atoms with E-state index >= 15 is 0 Å². The third-order valence-electron chi connectivity index (χ3n) is 4.56. The predicted octanol–water partition coefficient (Wildman–Crippen LogP) is 3.54. The van der Waals surface area contributed by atoms with E-state index in [9.17, 15) is 9.59 Å². The molecule has 0 saturated heterocycles. The molecule has 1 N–H and O–H groups in total. The number of nitrogens with zero attached hydrogens (tertiary/aromatic N) is 2. The molecule has 1 aliphatic carbocycles. The Morgan fingerprint density at radius 2 is 2.00 bits per heavy atom. The minimum atomic E-state index is -0.424. The van der Waals surface area contributed by atoms with Crippen LogP contribution in [0.4, 0.5) is 5.95 Å². The topological polar surface area (TPSA) is 85.1 Å². The maximum Gasteiger partial charge on any atom is 0.293 e. The molecule has 0 bridgehead atoms. The highest BCUT2D eigenvalue weighted by molar-refractivity contribution is 6.02. The van der Waals surface area contributed by atoms with E-state index in [2.05, 4.69) is 27.4 Å². The Morgan fingerprint density at radius 1 is 1.19 bits per heavy atom. The molecule has 6 nitrogen and oxygen atoms in total. The zero-order valence-electron chi connectivity index (χ0n) is 14.2. The average molecular weight is 347 g/mol. The summed E-state index contributed by atoms with van der Waals surface area (Å²) in [7, 11) is 0. The van der Waals surface area contributed by atoms with E-state index in [1.807, 2.05) is 19.1 Å². The number of carbonyl (C=O) groups excluding carboxylic acids is 2. The van der Waals surface area contributed by atoms with E-state index in [1.54, 1.807) is 12.1 Å². The number of furan rings is 1. The Morgan fingerprint density at radius 3 is 2.73 bits per heavy atom. The maximum absolute atomic E-state index is 12.5. The monoisotopic (exact) mass is 347 g/mol. The van der Waals surface area contributed by atoms with Gasteiger partial charge in [-0.3, -0.25) is 14.9 Å². The number of rotatable bonds is 3. The fourth-order valence-electron chi connectivity index (χ4n) is 3.15. The average Bonchev–Trinajstić information content (AvgIpc) is 3.17. The number of aryl methyl sites for hydroxylation is 1. The van der Waals surface area contributed by atoms with Gasteiger partial charge < -0.3 is 4.42 Å². The Balaban J connectivity index is 1.58. The van der Waals surface area contributed by atoms with Crippen molar-refractivity contribution in [3.8, 4) is 0 Å². The summed E-state index contributed by atoms with van der Waals surface area (Å²) in [6.45, 7) is 2.03. The summed E-state index contributed by atoms with van der Waals surface area (Å²) in [6, 6.07) is 11.4. The Labute approximate surface area is 150 Å². The summed E-state index contributed by atoms with van der Waals surface area (Å²) in [4.78, 5) is 33.0. The molecular formula is C20H17N3O3. The van der Waals surface area contributed by atoms with Gasteiger partial charge in [-0.2, -0.15) is 0 Å². The van der Waals surface area contributed by atoms with Crippen LogP contribution in [0.2, 0.25) is 0 Å². The number of anilines is 1. The van der Waals surface area contributed by atoms with Gasteiger partial charge in [0.15, 0.2) is 11.5 Å². The zero-order chi connectivity index (χ0) is 18.1. The van der Waals surface area contributed by atoms with Crippen molar-refractivity contribution < 1.29 is 14.0 Å².